The average Bonchev–Trinajstić information content (AvgIpc) is 2.84. The topological polar surface area (TPSA) is 35.8 Å². The van der Waals surface area contributed by atoms with Crippen LogP contribution in [0.2, 0.25) is 0 Å². The molecule has 0 fully saturated rings. The van der Waals surface area contributed by atoms with Gasteiger partial charge >= 0.3 is 0 Å². The Morgan fingerprint density at radius 2 is 2.06 bits per heavy atom. The lowest BCUT2D eigenvalue weighted by Gasteiger charge is -2.15. The van der Waals surface area contributed by atoms with Gasteiger partial charge in [0.05, 0.1) is 0 Å². The van der Waals surface area contributed by atoms with E-state index in [9.17, 15) is 0 Å². The van der Waals surface area contributed by atoms with Crippen LogP contribution in [0.5, 0.6) is 0 Å². The molecule has 1 atom stereocenters. The minimum absolute atomic E-state index is 0.318. The summed E-state index contributed by atoms with van der Waals surface area (Å²) in [5.74, 6) is 0. The number of nitrogens with zero attached hydrogens (tertiary/aromatic N) is 1. The summed E-state index contributed by atoms with van der Waals surface area (Å²) in [6, 6.07) is 14.8. The number of benzene rings is 1. The molecule has 18 heavy (non-hydrogen) atoms. The lowest BCUT2D eigenvalue weighted by molar-refractivity contribution is 0.576. The van der Waals surface area contributed by atoms with Gasteiger partial charge in [0.2, 0.25) is 0 Å². The number of nitriles is 1. The molecule has 1 aromatic carbocycles. The summed E-state index contributed by atoms with van der Waals surface area (Å²) in [5, 5.41) is 12.3. The van der Waals surface area contributed by atoms with Crippen molar-refractivity contribution in [2.24, 2.45) is 0 Å². The van der Waals surface area contributed by atoms with Crippen molar-refractivity contribution in [1.29, 1.82) is 5.26 Å². The number of aryl methyl sites for hydroxylation is 1. The lowest BCUT2D eigenvalue weighted by Crippen LogP contribution is -2.18. The minimum Gasteiger partial charge on any atom is -0.305 e. The number of thiophene rings is 1. The van der Waals surface area contributed by atoms with Gasteiger partial charge in [-0.3, -0.25) is 0 Å². The highest BCUT2D eigenvalue weighted by Gasteiger charge is 2.07. The van der Waals surface area contributed by atoms with E-state index in [1.54, 1.807) is 11.3 Å². The van der Waals surface area contributed by atoms with E-state index in [1.807, 2.05) is 12.1 Å². The third-order valence-electron chi connectivity index (χ3n) is 3.01. The summed E-state index contributed by atoms with van der Waals surface area (Å²) in [6.07, 6.45) is 0. The van der Waals surface area contributed by atoms with E-state index in [-0.39, 0.29) is 0 Å². The molecule has 1 N–H and O–H groups in total. The molecule has 0 unspecified atom stereocenters. The fraction of sp³-hybridized carbons (Fsp3) is 0.267. The van der Waals surface area contributed by atoms with Gasteiger partial charge in [0.25, 0.3) is 0 Å². The smallest absolute Gasteiger partial charge is 0.110 e. The summed E-state index contributed by atoms with van der Waals surface area (Å²) in [4.78, 5) is 1.97. The quantitative estimate of drug-likeness (QED) is 0.903. The van der Waals surface area contributed by atoms with Crippen molar-refractivity contribution >= 4 is 11.3 Å². The van der Waals surface area contributed by atoms with Gasteiger partial charge in [0, 0.05) is 17.5 Å². The molecule has 0 aliphatic carbocycles. The monoisotopic (exact) mass is 256 g/mol. The predicted octanol–water partition coefficient (Wildman–Crippen LogP) is 3.78. The summed E-state index contributed by atoms with van der Waals surface area (Å²) in [5.41, 5.74) is 2.64. The van der Waals surface area contributed by atoms with Crippen LogP contribution in [0.25, 0.3) is 0 Å². The Morgan fingerprint density at radius 1 is 1.28 bits per heavy atom. The maximum absolute atomic E-state index is 8.78. The molecule has 0 spiro atoms. The Hall–Kier alpha value is -1.63. The van der Waals surface area contributed by atoms with E-state index in [2.05, 4.69) is 49.5 Å². The fourth-order valence-corrected chi connectivity index (χ4v) is 2.73. The molecule has 0 aliphatic heterocycles. The van der Waals surface area contributed by atoms with E-state index in [0.717, 1.165) is 11.4 Å². The van der Waals surface area contributed by atoms with Gasteiger partial charge in [0.1, 0.15) is 10.9 Å². The SMILES string of the molecule is Cc1ccccc1[C@@H](C)NCc1ccc(C#N)s1. The maximum Gasteiger partial charge on any atom is 0.110 e. The number of hydrogen-bond donors (Lipinski definition) is 1. The zero-order valence-electron chi connectivity index (χ0n) is 10.6. The van der Waals surface area contributed by atoms with Crippen LogP contribution >= 0.6 is 11.3 Å². The first-order chi connectivity index (χ1) is 8.70. The van der Waals surface area contributed by atoms with Crippen molar-refractivity contribution in [3.63, 3.8) is 0 Å². The van der Waals surface area contributed by atoms with Crippen molar-refractivity contribution in [2.75, 3.05) is 0 Å². The summed E-state index contributed by atoms with van der Waals surface area (Å²) < 4.78 is 0. The van der Waals surface area contributed by atoms with Crippen LogP contribution in [0, 0.1) is 18.3 Å². The van der Waals surface area contributed by atoms with Gasteiger partial charge in [0.15, 0.2) is 0 Å². The second-order valence-corrected chi connectivity index (χ2v) is 5.51. The van der Waals surface area contributed by atoms with Crippen LogP contribution in [0.15, 0.2) is 36.4 Å². The Morgan fingerprint density at radius 3 is 2.72 bits per heavy atom. The Bertz CT molecular complexity index is 566. The number of hydrogen-bond acceptors (Lipinski definition) is 3. The van der Waals surface area contributed by atoms with Crippen LogP contribution < -0.4 is 5.32 Å². The van der Waals surface area contributed by atoms with Gasteiger partial charge in [-0.2, -0.15) is 5.26 Å². The molecule has 0 saturated heterocycles. The molecule has 0 amide bonds. The highest BCUT2D eigenvalue weighted by molar-refractivity contribution is 7.12. The van der Waals surface area contributed by atoms with E-state index in [0.29, 0.717) is 6.04 Å². The maximum atomic E-state index is 8.78. The molecule has 1 aromatic heterocycles. The molecule has 1 heterocycles. The summed E-state index contributed by atoms with van der Waals surface area (Å²) in [6.45, 7) is 5.11. The first kappa shape index (κ1) is 12.8. The molecule has 3 heteroatoms. The van der Waals surface area contributed by atoms with Crippen LogP contribution in [-0.2, 0) is 6.54 Å². The molecule has 0 saturated carbocycles. The van der Waals surface area contributed by atoms with Gasteiger partial charge in [-0.05, 0) is 37.1 Å². The molecule has 0 radical (unpaired) electrons. The van der Waals surface area contributed by atoms with E-state index in [4.69, 9.17) is 5.26 Å². The molecular weight excluding hydrogens is 240 g/mol. The van der Waals surface area contributed by atoms with Crippen molar-refractivity contribution in [3.8, 4) is 6.07 Å². The predicted molar refractivity (Wildman–Crippen MR) is 75.5 cm³/mol. The number of rotatable bonds is 4. The van der Waals surface area contributed by atoms with Crippen LogP contribution in [-0.4, -0.2) is 0 Å². The minimum atomic E-state index is 0.318. The average molecular weight is 256 g/mol. The third-order valence-corrected chi connectivity index (χ3v) is 4.00. The highest BCUT2D eigenvalue weighted by Crippen LogP contribution is 2.19. The standard InChI is InChI=1S/C15H16N2S/c1-11-5-3-4-6-15(11)12(2)17-10-14-8-7-13(9-16)18-14/h3-8,12,17H,10H2,1-2H3/t12-/m1/s1. The summed E-state index contributed by atoms with van der Waals surface area (Å²) >= 11 is 1.55. The van der Waals surface area contributed by atoms with E-state index in [1.165, 1.54) is 16.0 Å². The van der Waals surface area contributed by atoms with Crippen LogP contribution in [0.1, 0.15) is 33.8 Å². The van der Waals surface area contributed by atoms with Crippen molar-refractivity contribution in [2.45, 2.75) is 26.4 Å². The Balaban J connectivity index is 1.98. The molecule has 0 aliphatic rings. The fourth-order valence-electron chi connectivity index (χ4n) is 1.97. The first-order valence-corrected chi connectivity index (χ1v) is 6.80. The summed E-state index contributed by atoms with van der Waals surface area (Å²) in [7, 11) is 0. The Kier molecular flexibility index (Phi) is 4.14. The molecular formula is C15H16N2S. The zero-order chi connectivity index (χ0) is 13.0. The first-order valence-electron chi connectivity index (χ1n) is 5.98. The van der Waals surface area contributed by atoms with Crippen molar-refractivity contribution in [1.82, 2.24) is 5.32 Å². The molecule has 0 bridgehead atoms. The van der Waals surface area contributed by atoms with E-state index >= 15 is 0 Å². The van der Waals surface area contributed by atoms with Crippen molar-refractivity contribution < 1.29 is 0 Å². The van der Waals surface area contributed by atoms with Crippen molar-refractivity contribution in [3.05, 3.63) is 57.3 Å². The van der Waals surface area contributed by atoms with Crippen LogP contribution in [0.3, 0.4) is 0 Å². The molecule has 2 nitrogen and oxygen atoms in total. The third kappa shape index (κ3) is 2.98. The lowest BCUT2D eigenvalue weighted by atomic mass is 10.0. The largest absolute Gasteiger partial charge is 0.305 e. The zero-order valence-corrected chi connectivity index (χ0v) is 11.4. The van der Waals surface area contributed by atoms with Crippen LogP contribution in [0.4, 0.5) is 0 Å². The van der Waals surface area contributed by atoms with Gasteiger partial charge in [-0.15, -0.1) is 11.3 Å². The van der Waals surface area contributed by atoms with E-state index < -0.39 is 0 Å². The molecule has 92 valence electrons. The Labute approximate surface area is 112 Å². The van der Waals surface area contributed by atoms with Gasteiger partial charge in [-0.1, -0.05) is 24.3 Å². The molecule has 2 rings (SSSR count). The second-order valence-electron chi connectivity index (χ2n) is 4.34. The highest BCUT2D eigenvalue weighted by atomic mass is 32.1. The molecule has 2 aromatic rings. The van der Waals surface area contributed by atoms with Gasteiger partial charge < -0.3 is 5.32 Å². The van der Waals surface area contributed by atoms with Gasteiger partial charge in [-0.25, -0.2) is 0 Å². The number of nitrogens with one attached hydrogen (secondary N) is 1. The second kappa shape index (κ2) is 5.81. The normalized spacial score (nSPS) is 12.1.